The van der Waals surface area contributed by atoms with Gasteiger partial charge in [0.1, 0.15) is 13.2 Å². The van der Waals surface area contributed by atoms with Gasteiger partial charge in [0, 0.05) is 19.3 Å². The highest BCUT2D eigenvalue weighted by Gasteiger charge is 2.20. The van der Waals surface area contributed by atoms with Crippen molar-refractivity contribution in [2.45, 2.75) is 431 Å². The van der Waals surface area contributed by atoms with Crippen molar-refractivity contribution in [3.05, 3.63) is 24.3 Å². The van der Waals surface area contributed by atoms with E-state index in [2.05, 4.69) is 45.1 Å². The summed E-state index contributed by atoms with van der Waals surface area (Å²) in [6, 6.07) is 0. The van der Waals surface area contributed by atoms with Crippen LogP contribution in [0.25, 0.3) is 0 Å². The second-order valence-corrected chi connectivity index (χ2v) is 25.6. The molecule has 6 heteroatoms. The van der Waals surface area contributed by atoms with Gasteiger partial charge >= 0.3 is 17.9 Å². The molecule has 0 rings (SSSR count). The molecule has 0 spiro atoms. The Morgan fingerprint density at radius 1 is 0.244 bits per heavy atom. The maximum atomic E-state index is 13.0. The molecule has 0 saturated heterocycles. The monoisotopic (exact) mass is 1150 g/mol. The molecule has 0 aromatic rings. The molecule has 0 bridgehead atoms. The van der Waals surface area contributed by atoms with Crippen LogP contribution in [0, 0.1) is 0 Å². The molecule has 0 heterocycles. The van der Waals surface area contributed by atoms with E-state index in [4.69, 9.17) is 14.2 Å². The maximum absolute atomic E-state index is 13.0. The van der Waals surface area contributed by atoms with Gasteiger partial charge in [0.25, 0.3) is 0 Å². The summed E-state index contributed by atoms with van der Waals surface area (Å²) in [5.74, 6) is -0.848. The predicted octanol–water partition coefficient (Wildman–Crippen LogP) is 25.7. The first kappa shape index (κ1) is 79.9. The molecule has 0 aliphatic heterocycles. The van der Waals surface area contributed by atoms with Crippen LogP contribution in [0.2, 0.25) is 0 Å². The molecule has 484 valence electrons. The van der Waals surface area contributed by atoms with E-state index in [1.54, 1.807) is 0 Å². The summed E-state index contributed by atoms with van der Waals surface area (Å²) in [6.45, 7) is 6.71. The van der Waals surface area contributed by atoms with Crippen LogP contribution in [0.15, 0.2) is 24.3 Å². The summed E-state index contributed by atoms with van der Waals surface area (Å²) >= 11 is 0. The molecule has 0 fully saturated rings. The van der Waals surface area contributed by atoms with Crippen LogP contribution >= 0.6 is 0 Å². The lowest BCUT2D eigenvalue weighted by molar-refractivity contribution is -0.167. The van der Waals surface area contributed by atoms with Gasteiger partial charge in [0.05, 0.1) is 0 Å². The molecular formula is C76H144O6. The molecule has 0 aromatic heterocycles. The number of hydrogen-bond acceptors (Lipinski definition) is 6. The summed E-state index contributed by atoms with van der Waals surface area (Å²) in [4.78, 5) is 38.5. The molecule has 0 aliphatic rings. The quantitative estimate of drug-likeness (QED) is 0.0261. The van der Waals surface area contributed by atoms with E-state index in [-0.39, 0.29) is 31.1 Å². The lowest BCUT2D eigenvalue weighted by Crippen LogP contribution is -2.30. The Morgan fingerprint density at radius 3 is 0.683 bits per heavy atom. The van der Waals surface area contributed by atoms with Crippen molar-refractivity contribution < 1.29 is 28.6 Å². The Labute approximate surface area is 513 Å². The summed E-state index contributed by atoms with van der Waals surface area (Å²) in [5.41, 5.74) is 0. The number of ether oxygens (including phenoxy) is 3. The first-order valence-electron chi connectivity index (χ1n) is 37.3. The number of carbonyl (C=O) groups is 3. The van der Waals surface area contributed by atoms with E-state index in [9.17, 15) is 14.4 Å². The molecule has 6 nitrogen and oxygen atoms in total. The van der Waals surface area contributed by atoms with E-state index < -0.39 is 6.10 Å². The fourth-order valence-corrected chi connectivity index (χ4v) is 11.6. The van der Waals surface area contributed by atoms with Crippen LogP contribution in [-0.2, 0) is 28.6 Å². The van der Waals surface area contributed by atoms with Crippen molar-refractivity contribution in [1.82, 2.24) is 0 Å². The van der Waals surface area contributed by atoms with Crippen molar-refractivity contribution in [3.63, 3.8) is 0 Å². The Morgan fingerprint density at radius 2 is 0.439 bits per heavy atom. The molecule has 0 aliphatic carbocycles. The first-order chi connectivity index (χ1) is 40.5. The van der Waals surface area contributed by atoms with Crippen LogP contribution < -0.4 is 0 Å². The third kappa shape index (κ3) is 68.7. The highest BCUT2D eigenvalue weighted by atomic mass is 16.6. The average Bonchev–Trinajstić information content (AvgIpc) is 3.47. The van der Waals surface area contributed by atoms with E-state index in [0.29, 0.717) is 19.3 Å². The van der Waals surface area contributed by atoms with Gasteiger partial charge in [-0.25, -0.2) is 0 Å². The first-order valence-corrected chi connectivity index (χ1v) is 37.3. The minimum absolute atomic E-state index is 0.0691. The number of rotatable bonds is 70. The van der Waals surface area contributed by atoms with Gasteiger partial charge in [0.2, 0.25) is 0 Å². The predicted molar refractivity (Wildman–Crippen MR) is 358 cm³/mol. The van der Waals surface area contributed by atoms with Gasteiger partial charge in [-0.05, 0) is 51.4 Å². The van der Waals surface area contributed by atoms with Crippen molar-refractivity contribution in [2.24, 2.45) is 0 Å². The molecule has 1 atom stereocenters. The molecule has 0 saturated carbocycles. The van der Waals surface area contributed by atoms with Gasteiger partial charge in [-0.15, -0.1) is 0 Å². The van der Waals surface area contributed by atoms with E-state index in [1.165, 1.54) is 308 Å². The normalized spacial score (nSPS) is 12.1. The minimum atomic E-state index is -0.774. The van der Waals surface area contributed by atoms with Crippen molar-refractivity contribution in [2.75, 3.05) is 13.2 Å². The molecule has 0 amide bonds. The van der Waals surface area contributed by atoms with Crippen molar-refractivity contribution in [3.8, 4) is 0 Å². The molecule has 0 radical (unpaired) electrons. The van der Waals surface area contributed by atoms with E-state index in [1.807, 2.05) is 0 Å². The fraction of sp³-hybridized carbons (Fsp3) is 0.908. The second kappa shape index (κ2) is 71.4. The lowest BCUT2D eigenvalue weighted by Gasteiger charge is -2.18. The van der Waals surface area contributed by atoms with Crippen LogP contribution in [0.5, 0.6) is 0 Å². The Kier molecular flexibility index (Phi) is 69.5. The minimum Gasteiger partial charge on any atom is -0.462 e. The number of allylic oxidation sites excluding steroid dienone is 4. The Balaban J connectivity index is 4.20. The van der Waals surface area contributed by atoms with Gasteiger partial charge in [-0.3, -0.25) is 14.4 Å². The third-order valence-corrected chi connectivity index (χ3v) is 17.2. The topological polar surface area (TPSA) is 78.9 Å². The molecule has 0 aromatic carbocycles. The molecule has 0 N–H and O–H groups in total. The van der Waals surface area contributed by atoms with Crippen LogP contribution in [0.1, 0.15) is 425 Å². The van der Waals surface area contributed by atoms with Crippen molar-refractivity contribution in [1.29, 1.82) is 0 Å². The lowest BCUT2D eigenvalue weighted by atomic mass is 10.0. The van der Waals surface area contributed by atoms with E-state index >= 15 is 0 Å². The standard InChI is InChI=1S/C76H144O6/c1-4-7-10-13-16-19-22-25-28-31-33-34-35-36-37-38-39-40-41-42-44-45-48-51-54-57-60-63-66-69-75(78)81-72-73(71-80-74(77)68-65-62-59-56-53-50-47-30-27-24-21-18-15-12-9-6-3)82-76(79)70-67-64-61-58-55-52-49-46-43-32-29-26-23-20-17-14-11-8-5-2/h21,24,30,47,73H,4-20,22-23,25-29,31-46,48-72H2,1-3H3/b24-21-,47-30-. The van der Waals surface area contributed by atoms with Crippen LogP contribution in [-0.4, -0.2) is 37.2 Å². The van der Waals surface area contributed by atoms with Gasteiger partial charge in [0.15, 0.2) is 6.10 Å². The Bertz CT molecular complexity index is 1320. The Hall–Kier alpha value is -2.11. The summed E-state index contributed by atoms with van der Waals surface area (Å²) in [7, 11) is 0. The molecule has 82 heavy (non-hydrogen) atoms. The molecular weight excluding hydrogens is 1010 g/mol. The largest absolute Gasteiger partial charge is 0.462 e. The highest BCUT2D eigenvalue weighted by molar-refractivity contribution is 5.71. The summed E-state index contributed by atoms with van der Waals surface area (Å²) < 4.78 is 17.0. The van der Waals surface area contributed by atoms with Crippen LogP contribution in [0.4, 0.5) is 0 Å². The smallest absolute Gasteiger partial charge is 0.306 e. The number of carbonyl (C=O) groups excluding carboxylic acids is 3. The summed E-state index contributed by atoms with van der Waals surface area (Å²) in [6.07, 6.45) is 88.0. The van der Waals surface area contributed by atoms with Crippen LogP contribution in [0.3, 0.4) is 0 Å². The van der Waals surface area contributed by atoms with Gasteiger partial charge in [-0.1, -0.05) is 379 Å². The zero-order valence-corrected chi connectivity index (χ0v) is 55.8. The average molecular weight is 1150 g/mol. The zero-order valence-electron chi connectivity index (χ0n) is 55.8. The maximum Gasteiger partial charge on any atom is 0.306 e. The number of esters is 3. The second-order valence-electron chi connectivity index (χ2n) is 25.6. The fourth-order valence-electron chi connectivity index (χ4n) is 11.6. The van der Waals surface area contributed by atoms with Gasteiger partial charge < -0.3 is 14.2 Å². The zero-order chi connectivity index (χ0) is 59.2. The number of hydrogen-bond donors (Lipinski definition) is 0. The van der Waals surface area contributed by atoms with Crippen molar-refractivity contribution >= 4 is 17.9 Å². The SMILES string of the molecule is CCCCCC/C=C\C/C=C\CCCCCCCC(=O)OCC(COC(=O)CCCCCCCCCCCCCCCCCCCCCCCCCCCCCCC)OC(=O)CCCCCCCCCCCCCCCCCCCCC. The summed E-state index contributed by atoms with van der Waals surface area (Å²) in [5, 5.41) is 0. The number of unbranched alkanes of at least 4 members (excludes halogenated alkanes) is 55. The van der Waals surface area contributed by atoms with E-state index in [0.717, 1.165) is 77.0 Å². The van der Waals surface area contributed by atoms with Gasteiger partial charge in [-0.2, -0.15) is 0 Å². The highest BCUT2D eigenvalue weighted by Crippen LogP contribution is 2.19. The molecule has 1 unspecified atom stereocenters. The third-order valence-electron chi connectivity index (χ3n) is 17.2.